The standard InChI is InChI=1S/C14H20N2O4/c1-14(2)9-19-12(20-14)6-10(7-15)13(17)16-8-11-4-3-5-18-11/h6,11-12H,3-5,8-9H2,1-2H3,(H,16,17)/b10-6-. The molecule has 2 unspecified atom stereocenters. The summed E-state index contributed by atoms with van der Waals surface area (Å²) in [6.07, 6.45) is 2.78. The molecule has 2 aliphatic rings. The van der Waals surface area contributed by atoms with Crippen molar-refractivity contribution in [3.63, 3.8) is 0 Å². The van der Waals surface area contributed by atoms with Gasteiger partial charge in [-0.3, -0.25) is 4.79 Å². The first-order chi connectivity index (χ1) is 9.50. The van der Waals surface area contributed by atoms with Gasteiger partial charge in [0.05, 0.1) is 18.3 Å². The number of amides is 1. The Hall–Kier alpha value is -1.42. The molecule has 2 atom stereocenters. The average molecular weight is 280 g/mol. The Bertz CT molecular complexity index is 433. The summed E-state index contributed by atoms with van der Waals surface area (Å²) in [7, 11) is 0. The van der Waals surface area contributed by atoms with Gasteiger partial charge in [-0.1, -0.05) is 0 Å². The SMILES string of the molecule is CC1(C)COC(/C=C(/C#N)C(=O)NCC2CCCO2)O1. The molecule has 0 spiro atoms. The summed E-state index contributed by atoms with van der Waals surface area (Å²) in [4.78, 5) is 11.9. The zero-order valence-corrected chi connectivity index (χ0v) is 11.8. The minimum Gasteiger partial charge on any atom is -0.376 e. The summed E-state index contributed by atoms with van der Waals surface area (Å²) in [5.74, 6) is -0.417. The van der Waals surface area contributed by atoms with Crippen LogP contribution in [0.25, 0.3) is 0 Å². The van der Waals surface area contributed by atoms with Gasteiger partial charge in [-0.2, -0.15) is 5.26 Å². The monoisotopic (exact) mass is 280 g/mol. The Balaban J connectivity index is 1.87. The van der Waals surface area contributed by atoms with E-state index >= 15 is 0 Å². The predicted molar refractivity (Wildman–Crippen MR) is 70.6 cm³/mol. The van der Waals surface area contributed by atoms with Crippen LogP contribution in [0, 0.1) is 11.3 Å². The Labute approximate surface area is 118 Å². The topological polar surface area (TPSA) is 80.6 Å². The second-order valence-electron chi connectivity index (χ2n) is 5.59. The Morgan fingerprint density at radius 3 is 2.85 bits per heavy atom. The van der Waals surface area contributed by atoms with Gasteiger partial charge in [0, 0.05) is 13.2 Å². The van der Waals surface area contributed by atoms with Gasteiger partial charge in [0.2, 0.25) is 0 Å². The highest BCUT2D eigenvalue weighted by atomic mass is 16.7. The lowest BCUT2D eigenvalue weighted by Gasteiger charge is -2.14. The molecular weight excluding hydrogens is 260 g/mol. The van der Waals surface area contributed by atoms with Crippen LogP contribution in [-0.2, 0) is 19.0 Å². The van der Waals surface area contributed by atoms with Crippen molar-refractivity contribution in [2.45, 2.75) is 44.7 Å². The van der Waals surface area contributed by atoms with Crippen molar-refractivity contribution in [3.8, 4) is 6.07 Å². The fourth-order valence-corrected chi connectivity index (χ4v) is 2.15. The Morgan fingerprint density at radius 1 is 1.50 bits per heavy atom. The number of ether oxygens (including phenoxy) is 3. The molecule has 0 aliphatic carbocycles. The van der Waals surface area contributed by atoms with Crippen molar-refractivity contribution < 1.29 is 19.0 Å². The highest BCUT2D eigenvalue weighted by molar-refractivity contribution is 5.97. The number of carbonyl (C=O) groups excluding carboxylic acids is 1. The number of hydrogen-bond acceptors (Lipinski definition) is 5. The molecule has 1 N–H and O–H groups in total. The van der Waals surface area contributed by atoms with Crippen LogP contribution in [-0.4, -0.2) is 43.7 Å². The van der Waals surface area contributed by atoms with E-state index in [-0.39, 0.29) is 11.7 Å². The van der Waals surface area contributed by atoms with Crippen LogP contribution in [0.1, 0.15) is 26.7 Å². The molecule has 2 heterocycles. The van der Waals surface area contributed by atoms with E-state index in [1.807, 2.05) is 19.9 Å². The first-order valence-electron chi connectivity index (χ1n) is 6.81. The molecule has 2 saturated heterocycles. The van der Waals surface area contributed by atoms with Gasteiger partial charge in [0.15, 0.2) is 6.29 Å². The molecule has 2 aliphatic heterocycles. The quantitative estimate of drug-likeness (QED) is 0.611. The summed E-state index contributed by atoms with van der Waals surface area (Å²) >= 11 is 0. The summed E-state index contributed by atoms with van der Waals surface area (Å²) < 4.78 is 16.3. The van der Waals surface area contributed by atoms with Crippen LogP contribution in [0.2, 0.25) is 0 Å². The molecular formula is C14H20N2O4. The molecule has 0 radical (unpaired) electrons. The lowest BCUT2D eigenvalue weighted by atomic mass is 10.2. The molecule has 0 aromatic carbocycles. The first kappa shape index (κ1) is 15.0. The lowest BCUT2D eigenvalue weighted by Crippen LogP contribution is -2.33. The van der Waals surface area contributed by atoms with E-state index in [2.05, 4.69) is 5.32 Å². The third-order valence-corrected chi connectivity index (χ3v) is 3.21. The number of nitrogens with zero attached hydrogens (tertiary/aromatic N) is 1. The van der Waals surface area contributed by atoms with Crippen LogP contribution < -0.4 is 5.32 Å². The summed E-state index contributed by atoms with van der Waals surface area (Å²) in [5, 5.41) is 11.8. The van der Waals surface area contributed by atoms with E-state index in [1.165, 1.54) is 6.08 Å². The van der Waals surface area contributed by atoms with Gasteiger partial charge in [0.25, 0.3) is 5.91 Å². The van der Waals surface area contributed by atoms with Crippen LogP contribution in [0.3, 0.4) is 0 Å². The highest BCUT2D eigenvalue weighted by Gasteiger charge is 2.32. The normalized spacial score (nSPS) is 29.1. The fourth-order valence-electron chi connectivity index (χ4n) is 2.15. The van der Waals surface area contributed by atoms with Gasteiger partial charge in [-0.05, 0) is 32.8 Å². The van der Waals surface area contributed by atoms with Crippen LogP contribution in [0.15, 0.2) is 11.6 Å². The molecule has 0 bridgehead atoms. The number of nitrogens with one attached hydrogen (secondary N) is 1. The number of nitriles is 1. The van der Waals surface area contributed by atoms with Crippen molar-refractivity contribution in [3.05, 3.63) is 11.6 Å². The maximum atomic E-state index is 11.9. The van der Waals surface area contributed by atoms with Gasteiger partial charge in [-0.25, -0.2) is 0 Å². The smallest absolute Gasteiger partial charge is 0.261 e. The average Bonchev–Trinajstić information content (AvgIpc) is 3.02. The van der Waals surface area contributed by atoms with E-state index in [4.69, 9.17) is 19.5 Å². The Kier molecular flexibility index (Phi) is 4.76. The molecule has 20 heavy (non-hydrogen) atoms. The zero-order valence-electron chi connectivity index (χ0n) is 11.8. The van der Waals surface area contributed by atoms with Crippen molar-refractivity contribution in [2.75, 3.05) is 19.8 Å². The van der Waals surface area contributed by atoms with Crippen LogP contribution in [0.5, 0.6) is 0 Å². The van der Waals surface area contributed by atoms with Crippen LogP contribution >= 0.6 is 0 Å². The minimum absolute atomic E-state index is 0.00527. The molecule has 6 heteroatoms. The molecule has 2 rings (SSSR count). The first-order valence-corrected chi connectivity index (χ1v) is 6.81. The van der Waals surface area contributed by atoms with Gasteiger partial charge >= 0.3 is 0 Å². The molecule has 2 fully saturated rings. The van der Waals surface area contributed by atoms with E-state index < -0.39 is 17.8 Å². The zero-order chi connectivity index (χ0) is 14.6. The number of rotatable bonds is 4. The van der Waals surface area contributed by atoms with E-state index in [0.717, 1.165) is 19.4 Å². The highest BCUT2D eigenvalue weighted by Crippen LogP contribution is 2.23. The Morgan fingerprint density at radius 2 is 2.30 bits per heavy atom. The molecule has 1 amide bonds. The second-order valence-corrected chi connectivity index (χ2v) is 5.59. The van der Waals surface area contributed by atoms with Crippen molar-refractivity contribution in [2.24, 2.45) is 0 Å². The van der Waals surface area contributed by atoms with Gasteiger partial charge < -0.3 is 19.5 Å². The molecule has 110 valence electrons. The van der Waals surface area contributed by atoms with Crippen LogP contribution in [0.4, 0.5) is 0 Å². The minimum atomic E-state index is -0.645. The summed E-state index contributed by atoms with van der Waals surface area (Å²) in [6, 6.07) is 1.88. The lowest BCUT2D eigenvalue weighted by molar-refractivity contribution is -0.117. The predicted octanol–water partition coefficient (Wildman–Crippen LogP) is 0.883. The van der Waals surface area contributed by atoms with Crippen molar-refractivity contribution >= 4 is 5.91 Å². The van der Waals surface area contributed by atoms with Gasteiger partial charge in [-0.15, -0.1) is 0 Å². The molecule has 6 nitrogen and oxygen atoms in total. The molecule has 0 saturated carbocycles. The van der Waals surface area contributed by atoms with E-state index in [0.29, 0.717) is 13.2 Å². The van der Waals surface area contributed by atoms with Gasteiger partial charge in [0.1, 0.15) is 11.6 Å². The summed E-state index contributed by atoms with van der Waals surface area (Å²) in [6.45, 7) is 5.38. The van der Waals surface area contributed by atoms with E-state index in [1.54, 1.807) is 0 Å². The fraction of sp³-hybridized carbons (Fsp3) is 0.714. The second kappa shape index (κ2) is 6.35. The van der Waals surface area contributed by atoms with Crippen molar-refractivity contribution in [1.29, 1.82) is 5.26 Å². The maximum Gasteiger partial charge on any atom is 0.261 e. The van der Waals surface area contributed by atoms with Crippen molar-refractivity contribution in [1.82, 2.24) is 5.32 Å². The third kappa shape index (κ3) is 4.04. The third-order valence-electron chi connectivity index (χ3n) is 3.21. The van der Waals surface area contributed by atoms with E-state index in [9.17, 15) is 4.79 Å². The largest absolute Gasteiger partial charge is 0.376 e. The molecule has 0 aromatic rings. The number of hydrogen-bond donors (Lipinski definition) is 1. The molecule has 0 aromatic heterocycles. The maximum absolute atomic E-state index is 11.9. The number of carbonyl (C=O) groups is 1. The summed E-state index contributed by atoms with van der Waals surface area (Å²) in [5.41, 5.74) is -0.388.